The summed E-state index contributed by atoms with van der Waals surface area (Å²) in [5, 5.41) is 5.78. The van der Waals surface area contributed by atoms with E-state index in [9.17, 15) is 9.59 Å². The standard InChI is InChI=1S/C26H27N3O3S/c1-18(28-25(31)32-26(14-4-5-15-26)21-7-6-16-27-17-21)19-10-12-20(13-11-19)24(30)29-22-8-2-3-9-23(22)33/h2-3,6-13,16-18,33H,4-5,14-15H2,1H3,(H,28,31)(H,29,30)/t18-/m0/s1. The molecule has 2 aromatic carbocycles. The molecule has 0 bridgehead atoms. The number of ether oxygens (including phenoxy) is 1. The number of alkyl carbamates (subject to hydrolysis) is 1. The van der Waals surface area contributed by atoms with Gasteiger partial charge in [0, 0.05) is 28.4 Å². The number of benzene rings is 2. The summed E-state index contributed by atoms with van der Waals surface area (Å²) in [5.41, 5.74) is 2.36. The molecule has 1 heterocycles. The van der Waals surface area contributed by atoms with Crippen molar-refractivity contribution in [1.29, 1.82) is 0 Å². The van der Waals surface area contributed by atoms with Crippen molar-refractivity contribution in [2.75, 3.05) is 5.32 Å². The van der Waals surface area contributed by atoms with E-state index < -0.39 is 11.7 Å². The van der Waals surface area contributed by atoms with Crippen molar-refractivity contribution in [3.05, 3.63) is 89.7 Å². The van der Waals surface area contributed by atoms with Crippen LogP contribution in [-0.4, -0.2) is 17.0 Å². The zero-order valence-corrected chi connectivity index (χ0v) is 19.3. The lowest BCUT2D eigenvalue weighted by molar-refractivity contribution is 0.0107. The zero-order valence-electron chi connectivity index (χ0n) is 18.5. The number of nitrogens with one attached hydrogen (secondary N) is 2. The molecule has 1 aromatic heterocycles. The molecule has 0 aliphatic heterocycles. The Morgan fingerprint density at radius 1 is 1.03 bits per heavy atom. The van der Waals surface area contributed by atoms with E-state index >= 15 is 0 Å². The van der Waals surface area contributed by atoms with E-state index in [0.29, 0.717) is 16.1 Å². The second kappa shape index (κ2) is 10.1. The molecule has 1 aliphatic rings. The van der Waals surface area contributed by atoms with Gasteiger partial charge in [-0.05, 0) is 68.5 Å². The predicted octanol–water partition coefficient (Wildman–Crippen LogP) is 5.88. The van der Waals surface area contributed by atoms with Crippen molar-refractivity contribution in [2.45, 2.75) is 49.1 Å². The first-order chi connectivity index (χ1) is 16.0. The molecule has 0 saturated heterocycles. The van der Waals surface area contributed by atoms with Gasteiger partial charge in [0.15, 0.2) is 0 Å². The van der Waals surface area contributed by atoms with E-state index in [-0.39, 0.29) is 11.9 Å². The van der Waals surface area contributed by atoms with Gasteiger partial charge in [0.05, 0.1) is 11.7 Å². The minimum Gasteiger partial charge on any atom is -0.438 e. The van der Waals surface area contributed by atoms with E-state index in [1.165, 1.54) is 0 Å². The fraction of sp³-hybridized carbons (Fsp3) is 0.269. The average molecular weight is 462 g/mol. The minimum absolute atomic E-state index is 0.220. The summed E-state index contributed by atoms with van der Waals surface area (Å²) in [5.74, 6) is -0.220. The van der Waals surface area contributed by atoms with E-state index in [2.05, 4.69) is 28.2 Å². The second-order valence-electron chi connectivity index (χ2n) is 8.29. The Kier molecular flexibility index (Phi) is 6.99. The van der Waals surface area contributed by atoms with Gasteiger partial charge in [-0.2, -0.15) is 0 Å². The quantitative estimate of drug-likeness (QED) is 0.401. The van der Waals surface area contributed by atoms with Crippen LogP contribution in [0.5, 0.6) is 0 Å². The fourth-order valence-corrected chi connectivity index (χ4v) is 4.41. The molecule has 1 atom stereocenters. The monoisotopic (exact) mass is 461 g/mol. The Morgan fingerprint density at radius 2 is 1.76 bits per heavy atom. The summed E-state index contributed by atoms with van der Waals surface area (Å²) >= 11 is 4.36. The third-order valence-electron chi connectivity index (χ3n) is 6.05. The minimum atomic E-state index is -0.622. The highest BCUT2D eigenvalue weighted by atomic mass is 32.1. The number of anilines is 1. The SMILES string of the molecule is C[C@H](NC(=O)OC1(c2cccnc2)CCCC1)c1ccc(C(=O)Nc2ccccc2S)cc1. The number of amides is 2. The highest BCUT2D eigenvalue weighted by Crippen LogP contribution is 2.42. The van der Waals surface area contributed by atoms with E-state index in [1.807, 2.05) is 49.4 Å². The molecular weight excluding hydrogens is 434 g/mol. The number of para-hydroxylation sites is 1. The molecule has 0 radical (unpaired) electrons. The van der Waals surface area contributed by atoms with Crippen molar-refractivity contribution in [1.82, 2.24) is 10.3 Å². The van der Waals surface area contributed by atoms with Gasteiger partial charge in [-0.1, -0.05) is 30.3 Å². The van der Waals surface area contributed by atoms with Gasteiger partial charge in [-0.15, -0.1) is 12.6 Å². The lowest BCUT2D eigenvalue weighted by Gasteiger charge is -2.30. The number of pyridine rings is 1. The Labute approximate surface area is 199 Å². The van der Waals surface area contributed by atoms with Gasteiger partial charge in [0.2, 0.25) is 0 Å². The molecule has 2 N–H and O–H groups in total. The normalized spacial score (nSPS) is 15.5. The molecule has 4 rings (SSSR count). The Bertz CT molecular complexity index is 1110. The molecule has 170 valence electrons. The number of thiol groups is 1. The Hall–Kier alpha value is -3.32. The molecule has 3 aromatic rings. The molecule has 1 saturated carbocycles. The molecule has 6 nitrogen and oxygen atoms in total. The molecule has 0 spiro atoms. The van der Waals surface area contributed by atoms with Crippen LogP contribution in [0.4, 0.5) is 10.5 Å². The fourth-order valence-electron chi connectivity index (χ4n) is 4.19. The molecule has 7 heteroatoms. The molecule has 1 fully saturated rings. The number of rotatable bonds is 6. The van der Waals surface area contributed by atoms with E-state index in [4.69, 9.17) is 4.74 Å². The van der Waals surface area contributed by atoms with Crippen LogP contribution in [0.25, 0.3) is 0 Å². The number of hydrogen-bond donors (Lipinski definition) is 3. The van der Waals surface area contributed by atoms with Crippen molar-refractivity contribution in [3.8, 4) is 0 Å². The first-order valence-corrected chi connectivity index (χ1v) is 11.5. The van der Waals surface area contributed by atoms with E-state index in [1.54, 1.807) is 30.6 Å². The van der Waals surface area contributed by atoms with Crippen LogP contribution in [-0.2, 0) is 10.3 Å². The number of hydrogen-bond acceptors (Lipinski definition) is 5. The first kappa shape index (κ1) is 22.9. The third-order valence-corrected chi connectivity index (χ3v) is 6.44. The van der Waals surface area contributed by atoms with Crippen molar-refractivity contribution < 1.29 is 14.3 Å². The zero-order chi connectivity index (χ0) is 23.3. The maximum absolute atomic E-state index is 12.7. The molecular formula is C26H27N3O3S. The van der Waals surface area contributed by atoms with Gasteiger partial charge in [-0.3, -0.25) is 9.78 Å². The Balaban J connectivity index is 1.38. The van der Waals surface area contributed by atoms with Gasteiger partial charge >= 0.3 is 6.09 Å². The Morgan fingerprint density at radius 3 is 2.42 bits per heavy atom. The molecule has 2 amide bonds. The summed E-state index contributed by atoms with van der Waals surface area (Å²) in [6.07, 6.45) is 6.64. The highest BCUT2D eigenvalue weighted by molar-refractivity contribution is 7.80. The third kappa shape index (κ3) is 5.37. The van der Waals surface area contributed by atoms with Gasteiger partial charge in [0.1, 0.15) is 5.60 Å². The summed E-state index contributed by atoms with van der Waals surface area (Å²) < 4.78 is 5.96. The van der Waals surface area contributed by atoms with Gasteiger partial charge < -0.3 is 15.4 Å². The van der Waals surface area contributed by atoms with Crippen LogP contribution < -0.4 is 10.6 Å². The summed E-state index contributed by atoms with van der Waals surface area (Å²) in [6.45, 7) is 1.89. The molecule has 0 unspecified atom stereocenters. The van der Waals surface area contributed by atoms with Crippen LogP contribution in [0.15, 0.2) is 78.0 Å². The highest BCUT2D eigenvalue weighted by Gasteiger charge is 2.40. The smallest absolute Gasteiger partial charge is 0.408 e. The van der Waals surface area contributed by atoms with Crippen molar-refractivity contribution in [2.24, 2.45) is 0 Å². The van der Waals surface area contributed by atoms with E-state index in [0.717, 1.165) is 36.8 Å². The average Bonchev–Trinajstić information content (AvgIpc) is 3.30. The predicted molar refractivity (Wildman–Crippen MR) is 131 cm³/mol. The number of aromatic nitrogens is 1. The number of nitrogens with zero attached hydrogens (tertiary/aromatic N) is 1. The second-order valence-corrected chi connectivity index (χ2v) is 8.77. The topological polar surface area (TPSA) is 80.3 Å². The summed E-state index contributed by atoms with van der Waals surface area (Å²) in [4.78, 5) is 30.2. The number of carbonyl (C=O) groups excluding carboxylic acids is 2. The first-order valence-electron chi connectivity index (χ1n) is 11.1. The summed E-state index contributed by atoms with van der Waals surface area (Å²) in [6, 6.07) is 18.0. The maximum Gasteiger partial charge on any atom is 0.408 e. The van der Waals surface area contributed by atoms with Crippen LogP contribution in [0.1, 0.15) is 60.1 Å². The van der Waals surface area contributed by atoms with Gasteiger partial charge in [-0.25, -0.2) is 4.79 Å². The van der Waals surface area contributed by atoms with Crippen molar-refractivity contribution in [3.63, 3.8) is 0 Å². The lowest BCUT2D eigenvalue weighted by Crippen LogP contribution is -2.36. The largest absolute Gasteiger partial charge is 0.438 e. The molecule has 33 heavy (non-hydrogen) atoms. The van der Waals surface area contributed by atoms with Gasteiger partial charge in [0.25, 0.3) is 5.91 Å². The summed E-state index contributed by atoms with van der Waals surface area (Å²) in [7, 11) is 0. The number of carbonyl (C=O) groups is 2. The van der Waals surface area contributed by atoms with Crippen LogP contribution in [0, 0.1) is 0 Å². The lowest BCUT2D eigenvalue weighted by atomic mass is 9.93. The van der Waals surface area contributed by atoms with Crippen LogP contribution in [0.3, 0.4) is 0 Å². The molecule has 1 aliphatic carbocycles. The maximum atomic E-state index is 12.7. The van der Waals surface area contributed by atoms with Crippen LogP contribution in [0.2, 0.25) is 0 Å². The van der Waals surface area contributed by atoms with Crippen LogP contribution >= 0.6 is 12.6 Å². The van der Waals surface area contributed by atoms with Crippen molar-refractivity contribution >= 4 is 30.3 Å².